The van der Waals surface area contributed by atoms with E-state index in [1.807, 2.05) is 65.6 Å². The lowest BCUT2D eigenvalue weighted by molar-refractivity contribution is -0.121. The Bertz CT molecular complexity index is 974. The fourth-order valence-corrected chi connectivity index (χ4v) is 3.32. The average Bonchev–Trinajstić information content (AvgIpc) is 2.84. The summed E-state index contributed by atoms with van der Waals surface area (Å²) in [6, 6.07) is 25.2. The van der Waals surface area contributed by atoms with Gasteiger partial charge in [-0.25, -0.2) is 5.48 Å². The van der Waals surface area contributed by atoms with Gasteiger partial charge in [0, 0.05) is 18.7 Å². The van der Waals surface area contributed by atoms with Gasteiger partial charge in [0.25, 0.3) is 5.91 Å². The largest absolute Gasteiger partial charge is 0.497 e. The molecule has 0 bridgehead atoms. The number of rotatable bonds is 6. The van der Waals surface area contributed by atoms with Crippen LogP contribution >= 0.6 is 0 Å². The molecule has 3 aromatic rings. The van der Waals surface area contributed by atoms with Crippen LogP contribution in [0.1, 0.15) is 27.0 Å². The van der Waals surface area contributed by atoms with Crippen molar-refractivity contribution in [2.75, 3.05) is 13.7 Å². The Morgan fingerprint density at radius 3 is 2.32 bits per heavy atom. The lowest BCUT2D eigenvalue weighted by atomic mass is 9.99. The monoisotopic (exact) mass is 418 g/mol. The fourth-order valence-electron chi connectivity index (χ4n) is 3.32. The minimum atomic E-state index is 0.0853. The van der Waals surface area contributed by atoms with Gasteiger partial charge in [0.1, 0.15) is 5.75 Å². The number of methoxy groups -OCH3 is 1. The van der Waals surface area contributed by atoms with Gasteiger partial charge in [0.2, 0.25) is 6.41 Å². The lowest BCUT2D eigenvalue weighted by Crippen LogP contribution is -2.35. The number of hydroxylamine groups is 1. The number of hydrogen-bond donors (Lipinski definition) is 1. The predicted molar refractivity (Wildman–Crippen MR) is 118 cm³/mol. The van der Waals surface area contributed by atoms with Crippen molar-refractivity contribution in [3.8, 4) is 5.75 Å². The van der Waals surface area contributed by atoms with Crippen LogP contribution in [0.25, 0.3) is 0 Å². The zero-order valence-corrected chi connectivity index (χ0v) is 17.5. The summed E-state index contributed by atoms with van der Waals surface area (Å²) < 4.78 is 5.12. The number of carbonyl (C=O) groups is 2. The molecule has 160 valence electrons. The number of ether oxygens (including phenoxy) is 1. The van der Waals surface area contributed by atoms with E-state index in [1.165, 1.54) is 11.1 Å². The van der Waals surface area contributed by atoms with Crippen molar-refractivity contribution in [1.82, 2.24) is 10.4 Å². The second-order valence-corrected chi connectivity index (χ2v) is 6.98. The normalized spacial score (nSPS) is 12.1. The summed E-state index contributed by atoms with van der Waals surface area (Å²) in [4.78, 5) is 28.9. The Balaban J connectivity index is 0.000000210. The molecule has 0 saturated carbocycles. The number of hydrogen-bond acceptors (Lipinski definition) is 4. The first-order chi connectivity index (χ1) is 15.2. The molecule has 0 spiro atoms. The van der Waals surface area contributed by atoms with E-state index in [1.54, 1.807) is 7.11 Å². The van der Waals surface area contributed by atoms with E-state index >= 15 is 0 Å². The van der Waals surface area contributed by atoms with Crippen molar-refractivity contribution in [3.63, 3.8) is 0 Å². The molecule has 4 rings (SSSR count). The highest BCUT2D eigenvalue weighted by atomic mass is 16.6. The summed E-state index contributed by atoms with van der Waals surface area (Å²) in [5.41, 5.74) is 6.46. The van der Waals surface area contributed by atoms with E-state index in [0.717, 1.165) is 24.3 Å². The third kappa shape index (κ3) is 6.42. The van der Waals surface area contributed by atoms with E-state index < -0.39 is 0 Å². The second-order valence-electron chi connectivity index (χ2n) is 6.98. The van der Waals surface area contributed by atoms with Gasteiger partial charge in [-0.05, 0) is 47.4 Å². The minimum absolute atomic E-state index is 0.0853. The third-order valence-electron chi connectivity index (χ3n) is 4.97. The Morgan fingerprint density at radius 2 is 1.65 bits per heavy atom. The highest BCUT2D eigenvalue weighted by molar-refractivity contribution is 5.94. The van der Waals surface area contributed by atoms with Gasteiger partial charge < -0.3 is 9.64 Å². The van der Waals surface area contributed by atoms with Gasteiger partial charge >= 0.3 is 0 Å². The molecule has 0 aliphatic carbocycles. The van der Waals surface area contributed by atoms with Crippen molar-refractivity contribution >= 4 is 12.3 Å². The third-order valence-corrected chi connectivity index (χ3v) is 4.97. The molecule has 0 saturated heterocycles. The molecule has 6 nitrogen and oxygen atoms in total. The van der Waals surface area contributed by atoms with Crippen molar-refractivity contribution in [2.45, 2.75) is 19.6 Å². The van der Waals surface area contributed by atoms with Crippen LogP contribution in [0.15, 0.2) is 78.9 Å². The Hall–Kier alpha value is -3.64. The van der Waals surface area contributed by atoms with Crippen molar-refractivity contribution in [2.24, 2.45) is 0 Å². The summed E-state index contributed by atoms with van der Waals surface area (Å²) in [7, 11) is 1.62. The summed E-state index contributed by atoms with van der Waals surface area (Å²) in [5.74, 6) is 0.854. The number of benzene rings is 3. The zero-order valence-electron chi connectivity index (χ0n) is 17.5. The molecule has 1 N–H and O–H groups in total. The number of carbonyl (C=O) groups excluding carboxylic acids is 2. The minimum Gasteiger partial charge on any atom is -0.497 e. The first kappa shape index (κ1) is 22.1. The van der Waals surface area contributed by atoms with Gasteiger partial charge in [0.15, 0.2) is 0 Å². The second kappa shape index (κ2) is 11.5. The maximum atomic E-state index is 12.5. The molecule has 0 unspecified atom stereocenters. The molecule has 0 aromatic heterocycles. The van der Waals surface area contributed by atoms with Crippen LogP contribution in [-0.4, -0.2) is 30.9 Å². The van der Waals surface area contributed by atoms with E-state index in [9.17, 15) is 9.59 Å². The van der Waals surface area contributed by atoms with Crippen molar-refractivity contribution in [3.05, 3.63) is 101 Å². The van der Waals surface area contributed by atoms with E-state index in [-0.39, 0.29) is 5.91 Å². The van der Waals surface area contributed by atoms with Crippen LogP contribution in [0, 0.1) is 0 Å². The molecular weight excluding hydrogens is 392 g/mol. The van der Waals surface area contributed by atoms with Crippen LogP contribution in [0.4, 0.5) is 0 Å². The van der Waals surface area contributed by atoms with Gasteiger partial charge in [-0.15, -0.1) is 0 Å². The van der Waals surface area contributed by atoms with Crippen molar-refractivity contribution in [1.29, 1.82) is 0 Å². The highest BCUT2D eigenvalue weighted by Crippen LogP contribution is 2.21. The van der Waals surface area contributed by atoms with E-state index in [0.29, 0.717) is 25.1 Å². The van der Waals surface area contributed by atoms with Crippen LogP contribution in [0.3, 0.4) is 0 Å². The molecule has 1 aliphatic heterocycles. The first-order valence-electron chi connectivity index (χ1n) is 10.1. The molecule has 0 fully saturated rings. The molecule has 0 radical (unpaired) electrons. The van der Waals surface area contributed by atoms with Gasteiger partial charge in [-0.3, -0.25) is 14.4 Å². The molecule has 1 heterocycles. The lowest BCUT2D eigenvalue weighted by Gasteiger charge is -2.29. The maximum absolute atomic E-state index is 12.5. The molecule has 6 heteroatoms. The van der Waals surface area contributed by atoms with Gasteiger partial charge in [-0.1, -0.05) is 54.6 Å². The van der Waals surface area contributed by atoms with Crippen LogP contribution < -0.4 is 10.2 Å². The number of nitrogens with one attached hydrogen (secondary N) is 1. The van der Waals surface area contributed by atoms with Gasteiger partial charge in [-0.2, -0.15) is 0 Å². The molecule has 0 atom stereocenters. The molecule has 1 aliphatic rings. The molecular formula is C25H26N2O4. The Labute approximate surface area is 182 Å². The fraction of sp³-hybridized carbons (Fsp3) is 0.200. The molecule has 3 aromatic carbocycles. The molecule has 31 heavy (non-hydrogen) atoms. The predicted octanol–water partition coefficient (Wildman–Crippen LogP) is 3.76. The van der Waals surface area contributed by atoms with Crippen LogP contribution in [0.5, 0.6) is 5.75 Å². The quantitative estimate of drug-likeness (QED) is 0.376. The highest BCUT2D eigenvalue weighted by Gasteiger charge is 2.21. The summed E-state index contributed by atoms with van der Waals surface area (Å²) in [5, 5.41) is 0. The summed E-state index contributed by atoms with van der Waals surface area (Å²) in [6.07, 6.45) is 1.43. The Morgan fingerprint density at radius 1 is 0.968 bits per heavy atom. The zero-order chi connectivity index (χ0) is 21.9. The van der Waals surface area contributed by atoms with Gasteiger partial charge in [0.05, 0.1) is 13.7 Å². The maximum Gasteiger partial charge on any atom is 0.254 e. The Kier molecular flexibility index (Phi) is 8.20. The van der Waals surface area contributed by atoms with E-state index in [2.05, 4.69) is 23.7 Å². The number of fused-ring (bicyclic) bond motifs is 1. The smallest absolute Gasteiger partial charge is 0.254 e. The standard InChI is InChI=1S/C17H17NO2.C8H9NO2/c1-20-16-8-6-14(7-9-16)17(19)18-11-10-13-4-2-3-5-15(13)12-18;10-7-9-11-6-8-4-2-1-3-5-8/h2-9H,10-12H2,1H3;1-5,7H,6H2,(H,9,10). The number of nitrogens with zero attached hydrogens (tertiary/aromatic N) is 1. The van der Waals surface area contributed by atoms with Crippen LogP contribution in [0.2, 0.25) is 0 Å². The number of amides is 2. The van der Waals surface area contributed by atoms with Crippen LogP contribution in [-0.2, 0) is 29.2 Å². The van der Waals surface area contributed by atoms with E-state index in [4.69, 9.17) is 9.57 Å². The SMILES string of the molecule is COc1ccc(C(=O)N2CCc3ccccc3C2)cc1.O=CNOCc1ccccc1. The topological polar surface area (TPSA) is 67.9 Å². The average molecular weight is 418 g/mol. The molecule has 2 amide bonds. The summed E-state index contributed by atoms with van der Waals surface area (Å²) in [6.45, 7) is 1.88. The van der Waals surface area contributed by atoms with Crippen molar-refractivity contribution < 1.29 is 19.2 Å². The first-order valence-corrected chi connectivity index (χ1v) is 10.1. The summed E-state index contributed by atoms with van der Waals surface area (Å²) >= 11 is 0.